The lowest BCUT2D eigenvalue weighted by Gasteiger charge is -2.15. The number of nitrogens with one attached hydrogen (secondary N) is 1. The van der Waals surface area contributed by atoms with E-state index >= 15 is 0 Å². The highest BCUT2D eigenvalue weighted by atomic mass is 16.4. The Balaban J connectivity index is 2.20. The third kappa shape index (κ3) is 1.91. The summed E-state index contributed by atoms with van der Waals surface area (Å²) in [6.45, 7) is 2.92. The predicted octanol–water partition coefficient (Wildman–Crippen LogP) is -0.0732. The van der Waals surface area contributed by atoms with Crippen molar-refractivity contribution in [3.63, 3.8) is 0 Å². The number of aliphatic carboxylic acids is 1. The van der Waals surface area contributed by atoms with Gasteiger partial charge in [-0.1, -0.05) is 6.92 Å². The molecule has 2 rings (SSSR count). The van der Waals surface area contributed by atoms with E-state index in [2.05, 4.69) is 9.97 Å². The number of aromatic nitrogens is 2. The molecule has 0 aromatic carbocycles. The Labute approximate surface area is 91.9 Å². The summed E-state index contributed by atoms with van der Waals surface area (Å²) in [5.41, 5.74) is -0.226. The lowest BCUT2D eigenvalue weighted by Crippen LogP contribution is -2.24. The third-order valence-corrected chi connectivity index (χ3v) is 2.92. The van der Waals surface area contributed by atoms with E-state index in [1.54, 1.807) is 0 Å². The normalized spacial score (nSPS) is 24.7. The van der Waals surface area contributed by atoms with Crippen LogP contribution in [0.3, 0.4) is 0 Å². The van der Waals surface area contributed by atoms with Crippen LogP contribution in [0.1, 0.15) is 6.92 Å². The smallest absolute Gasteiger partial charge is 0.308 e. The molecule has 0 saturated carbocycles. The molecule has 1 saturated heterocycles. The summed E-state index contributed by atoms with van der Waals surface area (Å²) < 4.78 is 0. The number of aromatic amines is 1. The maximum Gasteiger partial charge on any atom is 0.308 e. The maximum atomic E-state index is 11.1. The van der Waals surface area contributed by atoms with E-state index in [-0.39, 0.29) is 17.4 Å². The molecule has 2 unspecified atom stereocenters. The number of carbonyl (C=O) groups is 1. The summed E-state index contributed by atoms with van der Waals surface area (Å²) in [7, 11) is 0. The Kier molecular flexibility index (Phi) is 2.64. The first-order valence-electron chi connectivity index (χ1n) is 5.10. The number of nitrogens with zero attached hydrogens (tertiary/aromatic N) is 2. The molecule has 1 aliphatic heterocycles. The lowest BCUT2D eigenvalue weighted by atomic mass is 9.99. The fourth-order valence-electron chi connectivity index (χ4n) is 2.01. The second-order valence-electron chi connectivity index (χ2n) is 4.10. The molecule has 0 spiro atoms. The molecule has 0 aliphatic carbocycles. The van der Waals surface area contributed by atoms with E-state index in [9.17, 15) is 9.59 Å². The van der Waals surface area contributed by atoms with Gasteiger partial charge >= 0.3 is 5.97 Å². The first kappa shape index (κ1) is 10.7. The van der Waals surface area contributed by atoms with E-state index in [1.165, 1.54) is 12.4 Å². The highest BCUT2D eigenvalue weighted by Crippen LogP contribution is 2.26. The van der Waals surface area contributed by atoms with Gasteiger partial charge in [0.25, 0.3) is 5.56 Å². The number of hydrogen-bond donors (Lipinski definition) is 2. The predicted molar refractivity (Wildman–Crippen MR) is 57.4 cm³/mol. The molecule has 0 bridgehead atoms. The monoisotopic (exact) mass is 223 g/mol. The molecule has 86 valence electrons. The van der Waals surface area contributed by atoms with Crippen molar-refractivity contribution in [2.24, 2.45) is 11.8 Å². The maximum absolute atomic E-state index is 11.1. The molecule has 2 heterocycles. The van der Waals surface area contributed by atoms with E-state index in [0.717, 1.165) is 0 Å². The zero-order valence-corrected chi connectivity index (χ0v) is 8.88. The van der Waals surface area contributed by atoms with Crippen LogP contribution < -0.4 is 10.5 Å². The van der Waals surface area contributed by atoms with Gasteiger partial charge in [-0.05, 0) is 5.92 Å². The van der Waals surface area contributed by atoms with Crippen LogP contribution in [-0.4, -0.2) is 34.1 Å². The van der Waals surface area contributed by atoms with Crippen molar-refractivity contribution in [1.29, 1.82) is 0 Å². The summed E-state index contributed by atoms with van der Waals surface area (Å²) in [5, 5.41) is 8.99. The standard InChI is InChI=1S/C10H13N3O3/c1-6-3-13(4-7(6)10(15)16)8-2-9(14)12-5-11-8/h2,5-7H,3-4H2,1H3,(H,15,16)(H,11,12,14). The summed E-state index contributed by atoms with van der Waals surface area (Å²) in [5.74, 6) is -0.570. The lowest BCUT2D eigenvalue weighted by molar-refractivity contribution is -0.142. The Bertz CT molecular complexity index is 457. The van der Waals surface area contributed by atoms with Crippen LogP contribution in [0.4, 0.5) is 5.82 Å². The number of carboxylic acids is 1. The van der Waals surface area contributed by atoms with Gasteiger partial charge in [-0.2, -0.15) is 0 Å². The van der Waals surface area contributed by atoms with Crippen LogP contribution in [0.25, 0.3) is 0 Å². The Morgan fingerprint density at radius 1 is 1.62 bits per heavy atom. The minimum absolute atomic E-state index is 0.0681. The third-order valence-electron chi connectivity index (χ3n) is 2.92. The van der Waals surface area contributed by atoms with Gasteiger partial charge < -0.3 is 15.0 Å². The second kappa shape index (κ2) is 3.96. The molecule has 16 heavy (non-hydrogen) atoms. The second-order valence-corrected chi connectivity index (χ2v) is 4.10. The average molecular weight is 223 g/mol. The highest BCUT2D eigenvalue weighted by molar-refractivity contribution is 5.72. The summed E-state index contributed by atoms with van der Waals surface area (Å²) in [4.78, 5) is 30.3. The number of anilines is 1. The topological polar surface area (TPSA) is 86.3 Å². The van der Waals surface area contributed by atoms with Crippen molar-refractivity contribution in [1.82, 2.24) is 9.97 Å². The van der Waals surface area contributed by atoms with Crippen molar-refractivity contribution in [3.8, 4) is 0 Å². The molecule has 0 amide bonds. The first-order chi connectivity index (χ1) is 7.58. The van der Waals surface area contributed by atoms with Gasteiger partial charge in [0.2, 0.25) is 0 Å². The van der Waals surface area contributed by atoms with Crippen molar-refractivity contribution in [3.05, 3.63) is 22.7 Å². The Morgan fingerprint density at radius 2 is 2.38 bits per heavy atom. The minimum atomic E-state index is -0.792. The number of carboxylic acid groups (broad SMARTS) is 1. The molecule has 1 aromatic heterocycles. The van der Waals surface area contributed by atoms with Gasteiger partial charge in [0.1, 0.15) is 5.82 Å². The van der Waals surface area contributed by atoms with E-state index in [4.69, 9.17) is 5.11 Å². The van der Waals surface area contributed by atoms with Crippen molar-refractivity contribution < 1.29 is 9.90 Å². The SMILES string of the molecule is CC1CN(c2cc(=O)[nH]cn2)CC1C(=O)O. The van der Waals surface area contributed by atoms with Crippen LogP contribution in [-0.2, 0) is 4.79 Å². The number of rotatable bonds is 2. The molecule has 6 heteroatoms. The van der Waals surface area contributed by atoms with Crippen LogP contribution in [0, 0.1) is 11.8 Å². The molecule has 2 N–H and O–H groups in total. The van der Waals surface area contributed by atoms with Gasteiger partial charge in [-0.25, -0.2) is 4.98 Å². The molecule has 1 fully saturated rings. The van der Waals surface area contributed by atoms with Gasteiger partial charge in [0, 0.05) is 19.2 Å². The largest absolute Gasteiger partial charge is 0.481 e. The van der Waals surface area contributed by atoms with Gasteiger partial charge in [-0.15, -0.1) is 0 Å². The number of H-pyrrole nitrogens is 1. The summed E-state index contributed by atoms with van der Waals surface area (Å²) in [6.07, 6.45) is 1.33. The molecular weight excluding hydrogens is 210 g/mol. The molecule has 0 radical (unpaired) electrons. The Morgan fingerprint density at radius 3 is 2.94 bits per heavy atom. The van der Waals surface area contributed by atoms with Gasteiger partial charge in [0.15, 0.2) is 0 Å². The van der Waals surface area contributed by atoms with Crippen LogP contribution in [0.5, 0.6) is 0 Å². The zero-order chi connectivity index (χ0) is 11.7. The molecule has 1 aromatic rings. The minimum Gasteiger partial charge on any atom is -0.481 e. The van der Waals surface area contributed by atoms with E-state index in [0.29, 0.717) is 18.9 Å². The molecule has 2 atom stereocenters. The van der Waals surface area contributed by atoms with Crippen LogP contribution in [0.2, 0.25) is 0 Å². The van der Waals surface area contributed by atoms with Crippen molar-refractivity contribution >= 4 is 11.8 Å². The summed E-state index contributed by atoms with van der Waals surface area (Å²) in [6, 6.07) is 1.39. The van der Waals surface area contributed by atoms with Gasteiger partial charge in [0.05, 0.1) is 12.2 Å². The molecule has 1 aliphatic rings. The highest BCUT2D eigenvalue weighted by Gasteiger charge is 2.35. The van der Waals surface area contributed by atoms with Crippen LogP contribution in [0.15, 0.2) is 17.2 Å². The van der Waals surface area contributed by atoms with Crippen molar-refractivity contribution in [2.75, 3.05) is 18.0 Å². The van der Waals surface area contributed by atoms with E-state index < -0.39 is 5.97 Å². The first-order valence-corrected chi connectivity index (χ1v) is 5.10. The molecular formula is C10H13N3O3. The quantitative estimate of drug-likeness (QED) is 0.732. The Hall–Kier alpha value is -1.85. The fourth-order valence-corrected chi connectivity index (χ4v) is 2.01. The molecule has 6 nitrogen and oxygen atoms in total. The fraction of sp³-hybridized carbons (Fsp3) is 0.500. The zero-order valence-electron chi connectivity index (χ0n) is 8.88. The van der Waals surface area contributed by atoms with Crippen LogP contribution >= 0.6 is 0 Å². The average Bonchev–Trinajstić information content (AvgIpc) is 2.60. The van der Waals surface area contributed by atoms with Crippen molar-refractivity contribution in [2.45, 2.75) is 6.92 Å². The van der Waals surface area contributed by atoms with Gasteiger partial charge in [-0.3, -0.25) is 9.59 Å². The number of hydrogen-bond acceptors (Lipinski definition) is 4. The van der Waals surface area contributed by atoms with E-state index in [1.807, 2.05) is 11.8 Å². The summed E-state index contributed by atoms with van der Waals surface area (Å²) >= 11 is 0.